The zero-order valence-electron chi connectivity index (χ0n) is 8.32. The van der Waals surface area contributed by atoms with E-state index in [0.29, 0.717) is 25.5 Å². The smallest absolute Gasteiger partial charge is 0.332 e. The quantitative estimate of drug-likeness (QED) is 0.622. The van der Waals surface area contributed by atoms with E-state index in [4.69, 9.17) is 15.6 Å². The topological polar surface area (TPSA) is 72.5 Å². The van der Waals surface area contributed by atoms with Crippen LogP contribution in [0.4, 0.5) is 0 Å². The van der Waals surface area contributed by atoms with Crippen LogP contribution in [0.1, 0.15) is 26.7 Å². The Labute approximate surface area is 79.1 Å². The van der Waals surface area contributed by atoms with Crippen molar-refractivity contribution in [3.63, 3.8) is 0 Å². The largest absolute Gasteiger partial charge is 0.479 e. The van der Waals surface area contributed by atoms with E-state index in [-0.39, 0.29) is 0 Å². The maximum atomic E-state index is 10.6. The van der Waals surface area contributed by atoms with Crippen LogP contribution in [-0.4, -0.2) is 30.3 Å². The van der Waals surface area contributed by atoms with Crippen LogP contribution in [0.15, 0.2) is 0 Å². The summed E-state index contributed by atoms with van der Waals surface area (Å²) < 4.78 is 5.18. The van der Waals surface area contributed by atoms with Gasteiger partial charge in [-0.2, -0.15) is 0 Å². The molecule has 0 aromatic heterocycles. The Kier molecular flexibility index (Phi) is 6.54. The predicted octanol–water partition coefficient (Wildman–Crippen LogP) is 0.851. The average molecular weight is 189 g/mol. The zero-order chi connectivity index (χ0) is 10.3. The van der Waals surface area contributed by atoms with E-state index in [9.17, 15) is 4.79 Å². The summed E-state index contributed by atoms with van der Waals surface area (Å²) in [6.45, 7) is 4.98. The number of ether oxygens (including phenoxy) is 1. The minimum atomic E-state index is -0.922. The molecular formula is C9H19NO3. The molecule has 3 N–H and O–H groups in total. The van der Waals surface area contributed by atoms with Crippen molar-refractivity contribution in [1.29, 1.82) is 0 Å². The summed E-state index contributed by atoms with van der Waals surface area (Å²) in [6, 6.07) is 0. The van der Waals surface area contributed by atoms with Gasteiger partial charge in [0.15, 0.2) is 6.10 Å². The van der Waals surface area contributed by atoms with Crippen LogP contribution in [0.2, 0.25) is 0 Å². The molecule has 1 atom stereocenters. The van der Waals surface area contributed by atoms with Gasteiger partial charge in [-0.05, 0) is 25.3 Å². The second-order valence-corrected chi connectivity index (χ2v) is 3.46. The van der Waals surface area contributed by atoms with Crippen LogP contribution in [0, 0.1) is 5.92 Å². The van der Waals surface area contributed by atoms with E-state index in [2.05, 4.69) is 13.8 Å². The van der Waals surface area contributed by atoms with Crippen molar-refractivity contribution in [3.05, 3.63) is 0 Å². The molecule has 0 bridgehead atoms. The number of carboxylic acids is 1. The number of aliphatic carboxylic acids is 1. The third-order valence-electron chi connectivity index (χ3n) is 1.72. The number of nitrogens with two attached hydrogens (primary N) is 1. The minimum absolute atomic E-state index is 0.346. The Morgan fingerprint density at radius 2 is 2.08 bits per heavy atom. The summed E-state index contributed by atoms with van der Waals surface area (Å²) in [5.41, 5.74) is 5.26. The molecule has 0 radical (unpaired) electrons. The van der Waals surface area contributed by atoms with Gasteiger partial charge in [0.05, 0.1) is 0 Å². The fraction of sp³-hybridized carbons (Fsp3) is 0.889. The molecule has 0 spiro atoms. The zero-order valence-corrected chi connectivity index (χ0v) is 8.32. The fourth-order valence-electron chi connectivity index (χ4n) is 0.875. The van der Waals surface area contributed by atoms with Gasteiger partial charge in [0.1, 0.15) is 0 Å². The molecular weight excluding hydrogens is 170 g/mol. The third kappa shape index (κ3) is 6.54. The molecule has 0 saturated carbocycles. The molecule has 0 aliphatic heterocycles. The Morgan fingerprint density at radius 1 is 1.46 bits per heavy atom. The molecule has 0 aromatic carbocycles. The highest BCUT2D eigenvalue weighted by atomic mass is 16.5. The number of carboxylic acid groups (broad SMARTS) is 1. The standard InChI is InChI=1S/C9H19NO3/c1-7(2)4-6-13-8(3-5-10)9(11)12/h7-8H,3-6,10H2,1-2H3,(H,11,12). The van der Waals surface area contributed by atoms with Crippen LogP contribution < -0.4 is 5.73 Å². The lowest BCUT2D eigenvalue weighted by atomic mass is 10.1. The van der Waals surface area contributed by atoms with E-state index < -0.39 is 12.1 Å². The van der Waals surface area contributed by atoms with Crippen LogP contribution in [0.3, 0.4) is 0 Å². The van der Waals surface area contributed by atoms with Gasteiger partial charge >= 0.3 is 5.97 Å². The van der Waals surface area contributed by atoms with Crippen molar-refractivity contribution in [3.8, 4) is 0 Å². The van der Waals surface area contributed by atoms with Gasteiger partial charge < -0.3 is 15.6 Å². The molecule has 0 aromatic rings. The maximum absolute atomic E-state index is 10.6. The van der Waals surface area contributed by atoms with E-state index in [1.54, 1.807) is 0 Å². The Hall–Kier alpha value is -0.610. The van der Waals surface area contributed by atoms with Crippen LogP contribution in [0.5, 0.6) is 0 Å². The first-order chi connectivity index (χ1) is 6.07. The van der Waals surface area contributed by atoms with Gasteiger partial charge in [-0.25, -0.2) is 4.79 Å². The van der Waals surface area contributed by atoms with Gasteiger partial charge in [0.25, 0.3) is 0 Å². The van der Waals surface area contributed by atoms with E-state index >= 15 is 0 Å². The van der Waals surface area contributed by atoms with Crippen LogP contribution >= 0.6 is 0 Å². The Morgan fingerprint density at radius 3 is 2.46 bits per heavy atom. The molecule has 0 aliphatic rings. The van der Waals surface area contributed by atoms with Gasteiger partial charge in [0.2, 0.25) is 0 Å². The highest BCUT2D eigenvalue weighted by Crippen LogP contribution is 2.03. The number of rotatable bonds is 7. The molecule has 4 heteroatoms. The highest BCUT2D eigenvalue weighted by molar-refractivity contribution is 5.72. The van der Waals surface area contributed by atoms with Crippen molar-refractivity contribution in [2.45, 2.75) is 32.8 Å². The number of hydrogen-bond acceptors (Lipinski definition) is 3. The maximum Gasteiger partial charge on any atom is 0.332 e. The molecule has 13 heavy (non-hydrogen) atoms. The van der Waals surface area contributed by atoms with Crippen molar-refractivity contribution in [2.75, 3.05) is 13.2 Å². The Bertz CT molecular complexity index is 148. The predicted molar refractivity (Wildman–Crippen MR) is 50.5 cm³/mol. The lowest BCUT2D eigenvalue weighted by molar-refractivity contribution is -0.150. The lowest BCUT2D eigenvalue weighted by Crippen LogP contribution is -2.27. The first-order valence-corrected chi connectivity index (χ1v) is 4.62. The summed E-state index contributed by atoms with van der Waals surface area (Å²) in [7, 11) is 0. The lowest BCUT2D eigenvalue weighted by Gasteiger charge is -2.13. The van der Waals surface area contributed by atoms with E-state index in [1.807, 2.05) is 0 Å². The molecule has 0 amide bonds. The monoisotopic (exact) mass is 189 g/mol. The summed E-state index contributed by atoms with van der Waals surface area (Å²) in [5, 5.41) is 8.69. The Balaban J connectivity index is 3.63. The van der Waals surface area contributed by atoms with Crippen molar-refractivity contribution in [2.24, 2.45) is 11.7 Å². The first-order valence-electron chi connectivity index (χ1n) is 4.62. The van der Waals surface area contributed by atoms with E-state index in [0.717, 1.165) is 6.42 Å². The van der Waals surface area contributed by atoms with Gasteiger partial charge in [0, 0.05) is 6.61 Å². The molecule has 0 fully saturated rings. The van der Waals surface area contributed by atoms with Gasteiger partial charge in [-0.15, -0.1) is 0 Å². The number of carbonyl (C=O) groups is 1. The molecule has 0 aliphatic carbocycles. The second-order valence-electron chi connectivity index (χ2n) is 3.46. The van der Waals surface area contributed by atoms with E-state index in [1.165, 1.54) is 0 Å². The first kappa shape index (κ1) is 12.4. The molecule has 1 unspecified atom stereocenters. The summed E-state index contributed by atoms with van der Waals surface area (Å²) in [6.07, 6.45) is 0.533. The molecule has 4 nitrogen and oxygen atoms in total. The highest BCUT2D eigenvalue weighted by Gasteiger charge is 2.16. The van der Waals surface area contributed by atoms with Crippen LogP contribution in [0.25, 0.3) is 0 Å². The molecule has 78 valence electrons. The van der Waals surface area contributed by atoms with Crippen molar-refractivity contribution >= 4 is 5.97 Å². The minimum Gasteiger partial charge on any atom is -0.479 e. The molecule has 0 saturated heterocycles. The third-order valence-corrected chi connectivity index (χ3v) is 1.72. The van der Waals surface area contributed by atoms with Gasteiger partial charge in [-0.3, -0.25) is 0 Å². The SMILES string of the molecule is CC(C)CCOC(CCN)C(=O)O. The van der Waals surface area contributed by atoms with Crippen molar-refractivity contribution in [1.82, 2.24) is 0 Å². The summed E-state index contributed by atoms with van der Waals surface area (Å²) in [5.74, 6) is -0.387. The van der Waals surface area contributed by atoms with Crippen molar-refractivity contribution < 1.29 is 14.6 Å². The van der Waals surface area contributed by atoms with Gasteiger partial charge in [-0.1, -0.05) is 13.8 Å². The summed E-state index contributed by atoms with van der Waals surface area (Å²) >= 11 is 0. The van der Waals surface area contributed by atoms with Crippen LogP contribution in [-0.2, 0) is 9.53 Å². The second kappa shape index (κ2) is 6.86. The summed E-state index contributed by atoms with van der Waals surface area (Å²) in [4.78, 5) is 10.6. The number of hydrogen-bond donors (Lipinski definition) is 2. The normalized spacial score (nSPS) is 13.2. The fourth-order valence-corrected chi connectivity index (χ4v) is 0.875. The molecule has 0 heterocycles. The molecule has 0 rings (SSSR count). The average Bonchev–Trinajstić information content (AvgIpc) is 2.02.